The fraction of sp³-hybridized carbons (Fsp3) is 0.217. The maximum atomic E-state index is 9.89. The molecule has 1 aliphatic heterocycles. The van der Waals surface area contributed by atoms with Gasteiger partial charge in [-0.3, -0.25) is 0 Å². The summed E-state index contributed by atoms with van der Waals surface area (Å²) in [5.41, 5.74) is 5.46. The minimum Gasteiger partial charge on any atom is -0.395 e. The van der Waals surface area contributed by atoms with E-state index in [2.05, 4.69) is 32.7 Å². The van der Waals surface area contributed by atoms with Gasteiger partial charge in [0, 0.05) is 29.4 Å². The first-order valence-corrected chi connectivity index (χ1v) is 9.52. The van der Waals surface area contributed by atoms with E-state index in [1.165, 1.54) is 0 Å². The number of benzene rings is 2. The highest BCUT2D eigenvalue weighted by molar-refractivity contribution is 5.76. The summed E-state index contributed by atoms with van der Waals surface area (Å²) in [5.74, 6) is 0.396. The Hall–Kier alpha value is -3.94. The molecule has 0 spiro atoms. The maximum absolute atomic E-state index is 9.89. The summed E-state index contributed by atoms with van der Waals surface area (Å²) in [4.78, 5) is 8.91. The lowest BCUT2D eigenvalue weighted by molar-refractivity contribution is 0.219. The fourth-order valence-electron chi connectivity index (χ4n) is 3.59. The SMILES string of the molecule is Cc1ccc(C#N)cc1Nc1nccc(-c2cc(C#N)c3c(c2)[C@](C)(CO)CN3)n1. The molecule has 0 saturated carbocycles. The van der Waals surface area contributed by atoms with Crippen molar-refractivity contribution in [2.24, 2.45) is 0 Å². The van der Waals surface area contributed by atoms with E-state index in [1.54, 1.807) is 30.5 Å². The third kappa shape index (κ3) is 3.32. The van der Waals surface area contributed by atoms with Crippen LogP contribution in [0.3, 0.4) is 0 Å². The Morgan fingerprint density at radius 1 is 1.20 bits per heavy atom. The van der Waals surface area contributed by atoms with Crippen LogP contribution in [-0.2, 0) is 5.41 Å². The van der Waals surface area contributed by atoms with Crippen LogP contribution in [0.15, 0.2) is 42.6 Å². The minimum atomic E-state index is -0.458. The molecule has 30 heavy (non-hydrogen) atoms. The van der Waals surface area contributed by atoms with Crippen LogP contribution in [0.25, 0.3) is 11.3 Å². The topological polar surface area (TPSA) is 118 Å². The molecule has 4 rings (SSSR count). The highest BCUT2D eigenvalue weighted by Gasteiger charge is 2.35. The number of hydrogen-bond acceptors (Lipinski definition) is 7. The smallest absolute Gasteiger partial charge is 0.227 e. The molecule has 0 radical (unpaired) electrons. The number of rotatable bonds is 4. The van der Waals surface area contributed by atoms with Crippen LogP contribution >= 0.6 is 0 Å². The quantitative estimate of drug-likeness (QED) is 0.616. The average Bonchev–Trinajstić information content (AvgIpc) is 3.12. The molecule has 148 valence electrons. The number of hydrogen-bond donors (Lipinski definition) is 3. The van der Waals surface area contributed by atoms with Gasteiger partial charge in [0.1, 0.15) is 6.07 Å². The number of anilines is 3. The molecular weight excluding hydrogens is 376 g/mol. The summed E-state index contributed by atoms with van der Waals surface area (Å²) >= 11 is 0. The molecule has 0 amide bonds. The van der Waals surface area contributed by atoms with Gasteiger partial charge in [0.15, 0.2) is 0 Å². The largest absolute Gasteiger partial charge is 0.395 e. The fourth-order valence-corrected chi connectivity index (χ4v) is 3.59. The number of aryl methyl sites for hydroxylation is 1. The Morgan fingerprint density at radius 2 is 2.03 bits per heavy atom. The van der Waals surface area contributed by atoms with Crippen molar-refractivity contribution >= 4 is 17.3 Å². The molecule has 1 aromatic heterocycles. The Morgan fingerprint density at radius 3 is 2.77 bits per heavy atom. The van der Waals surface area contributed by atoms with Crippen molar-refractivity contribution in [3.8, 4) is 23.4 Å². The minimum absolute atomic E-state index is 0.0214. The predicted molar refractivity (Wildman–Crippen MR) is 114 cm³/mol. The van der Waals surface area contributed by atoms with Crippen LogP contribution in [0.2, 0.25) is 0 Å². The predicted octanol–water partition coefficient (Wildman–Crippen LogP) is 3.61. The number of nitrogens with one attached hydrogen (secondary N) is 2. The number of nitriles is 2. The van der Waals surface area contributed by atoms with E-state index in [-0.39, 0.29) is 6.61 Å². The van der Waals surface area contributed by atoms with E-state index in [0.717, 1.165) is 28.1 Å². The molecule has 3 N–H and O–H groups in total. The first-order valence-electron chi connectivity index (χ1n) is 9.52. The second-order valence-corrected chi connectivity index (χ2v) is 7.66. The summed E-state index contributed by atoms with van der Waals surface area (Å²) in [7, 11) is 0. The zero-order valence-corrected chi connectivity index (χ0v) is 16.7. The number of aromatic nitrogens is 2. The van der Waals surface area contributed by atoms with E-state index >= 15 is 0 Å². The van der Waals surface area contributed by atoms with Crippen LogP contribution < -0.4 is 10.6 Å². The second-order valence-electron chi connectivity index (χ2n) is 7.66. The number of nitrogens with zero attached hydrogens (tertiary/aromatic N) is 4. The molecule has 7 nitrogen and oxygen atoms in total. The Balaban J connectivity index is 1.75. The summed E-state index contributed by atoms with van der Waals surface area (Å²) in [6, 6.07) is 15.3. The van der Waals surface area contributed by atoms with Gasteiger partial charge in [-0.2, -0.15) is 10.5 Å². The Kier molecular flexibility index (Phi) is 4.83. The van der Waals surface area contributed by atoms with Crippen LogP contribution in [0.4, 0.5) is 17.3 Å². The van der Waals surface area contributed by atoms with Crippen molar-refractivity contribution in [3.05, 3.63) is 64.8 Å². The lowest BCUT2D eigenvalue weighted by Gasteiger charge is -2.21. The molecule has 0 bridgehead atoms. The number of fused-ring (bicyclic) bond motifs is 1. The molecular formula is C23H20N6O. The first-order chi connectivity index (χ1) is 14.5. The lowest BCUT2D eigenvalue weighted by atomic mass is 9.83. The van der Waals surface area contributed by atoms with Crippen molar-refractivity contribution in [3.63, 3.8) is 0 Å². The third-order valence-corrected chi connectivity index (χ3v) is 5.48. The molecule has 7 heteroatoms. The first kappa shape index (κ1) is 19.4. The van der Waals surface area contributed by atoms with Crippen LogP contribution in [0, 0.1) is 29.6 Å². The Bertz CT molecular complexity index is 1220. The van der Waals surface area contributed by atoms with Gasteiger partial charge in [-0.1, -0.05) is 13.0 Å². The molecule has 2 heterocycles. The van der Waals surface area contributed by atoms with Gasteiger partial charge in [0.05, 0.1) is 35.2 Å². The van der Waals surface area contributed by atoms with Gasteiger partial charge in [0.25, 0.3) is 0 Å². The van der Waals surface area contributed by atoms with E-state index in [0.29, 0.717) is 29.3 Å². The normalized spacial score (nSPS) is 16.8. The van der Waals surface area contributed by atoms with Crippen molar-refractivity contribution < 1.29 is 5.11 Å². The molecule has 0 fully saturated rings. The second kappa shape index (κ2) is 7.47. The van der Waals surface area contributed by atoms with Gasteiger partial charge in [-0.15, -0.1) is 0 Å². The van der Waals surface area contributed by atoms with Gasteiger partial charge in [0.2, 0.25) is 5.95 Å². The zero-order valence-electron chi connectivity index (χ0n) is 16.7. The van der Waals surface area contributed by atoms with Crippen molar-refractivity contribution in [2.45, 2.75) is 19.3 Å². The van der Waals surface area contributed by atoms with Gasteiger partial charge < -0.3 is 15.7 Å². The van der Waals surface area contributed by atoms with Crippen molar-refractivity contribution in [1.29, 1.82) is 10.5 Å². The van der Waals surface area contributed by atoms with Crippen LogP contribution in [0.1, 0.15) is 29.2 Å². The highest BCUT2D eigenvalue weighted by Crippen LogP contribution is 2.41. The van der Waals surface area contributed by atoms with E-state index in [1.807, 2.05) is 26.0 Å². The molecule has 2 aromatic carbocycles. The molecule has 1 aliphatic rings. The molecule has 0 saturated heterocycles. The van der Waals surface area contributed by atoms with E-state index < -0.39 is 5.41 Å². The summed E-state index contributed by atoms with van der Waals surface area (Å²) in [6.45, 7) is 4.46. The third-order valence-electron chi connectivity index (χ3n) is 5.48. The van der Waals surface area contributed by atoms with Crippen molar-refractivity contribution in [1.82, 2.24) is 9.97 Å². The standard InChI is InChI=1S/C23H20N6O/c1-14-3-4-15(10-24)7-20(14)29-22-26-6-5-19(28-22)16-8-17(11-25)21-18(9-16)23(2,13-30)12-27-21/h3-9,27,30H,12-13H2,1-2H3,(H,26,28,29)/t23-/m0/s1. The van der Waals surface area contributed by atoms with E-state index in [9.17, 15) is 10.4 Å². The molecule has 0 aliphatic carbocycles. The van der Waals surface area contributed by atoms with Gasteiger partial charge in [-0.05, 0) is 48.4 Å². The van der Waals surface area contributed by atoms with Gasteiger partial charge in [-0.25, -0.2) is 9.97 Å². The zero-order chi connectivity index (χ0) is 21.3. The highest BCUT2D eigenvalue weighted by atomic mass is 16.3. The monoisotopic (exact) mass is 396 g/mol. The summed E-state index contributed by atoms with van der Waals surface area (Å²) < 4.78 is 0. The van der Waals surface area contributed by atoms with Crippen LogP contribution in [-0.4, -0.2) is 28.2 Å². The molecule has 1 atom stereocenters. The van der Waals surface area contributed by atoms with E-state index in [4.69, 9.17) is 5.26 Å². The molecule has 0 unspecified atom stereocenters. The van der Waals surface area contributed by atoms with Gasteiger partial charge >= 0.3 is 0 Å². The lowest BCUT2D eigenvalue weighted by Crippen LogP contribution is -2.28. The van der Waals surface area contributed by atoms with Crippen molar-refractivity contribution in [2.75, 3.05) is 23.8 Å². The number of aliphatic hydroxyl groups excluding tert-OH is 1. The number of aliphatic hydroxyl groups is 1. The molecule has 3 aromatic rings. The average molecular weight is 396 g/mol. The van der Waals surface area contributed by atoms with Crippen LogP contribution in [0.5, 0.6) is 0 Å². The summed E-state index contributed by atoms with van der Waals surface area (Å²) in [5, 5.41) is 35.1. The summed E-state index contributed by atoms with van der Waals surface area (Å²) in [6.07, 6.45) is 1.65. The maximum Gasteiger partial charge on any atom is 0.227 e. The Labute approximate surface area is 174 Å².